The van der Waals surface area contributed by atoms with Crippen molar-refractivity contribution in [2.45, 2.75) is 13.1 Å². The van der Waals surface area contributed by atoms with E-state index in [0.29, 0.717) is 32.9 Å². The summed E-state index contributed by atoms with van der Waals surface area (Å²) in [5.74, 6) is 0.919. The fraction of sp³-hybridized carbons (Fsp3) is 0.562. The standard InChI is InChI=1S/C16H22IN3O3/c17-20-10-13-1-2-15(9-14(13)11-20)23-6-3-18-16(21)12-19-4-7-22-8-5-19/h1-2,9H,3-8,10-12H2,(H,18,21). The van der Waals surface area contributed by atoms with Crippen LogP contribution in [0.15, 0.2) is 18.2 Å². The van der Waals surface area contributed by atoms with Crippen LogP contribution < -0.4 is 10.1 Å². The van der Waals surface area contributed by atoms with Crippen LogP contribution in [0.5, 0.6) is 5.75 Å². The molecule has 0 unspecified atom stereocenters. The van der Waals surface area contributed by atoms with Crippen molar-refractivity contribution in [3.05, 3.63) is 29.3 Å². The van der Waals surface area contributed by atoms with E-state index >= 15 is 0 Å². The highest BCUT2D eigenvalue weighted by molar-refractivity contribution is 14.1. The van der Waals surface area contributed by atoms with E-state index in [0.717, 1.165) is 31.9 Å². The van der Waals surface area contributed by atoms with Crippen molar-refractivity contribution in [3.63, 3.8) is 0 Å². The Morgan fingerprint density at radius 3 is 2.87 bits per heavy atom. The van der Waals surface area contributed by atoms with Gasteiger partial charge < -0.3 is 14.8 Å². The molecule has 1 saturated heterocycles. The maximum Gasteiger partial charge on any atom is 0.234 e. The molecule has 1 aromatic carbocycles. The Morgan fingerprint density at radius 1 is 1.26 bits per heavy atom. The molecule has 0 bridgehead atoms. The van der Waals surface area contributed by atoms with Crippen molar-refractivity contribution in [3.8, 4) is 5.75 Å². The Hall–Kier alpha value is -0.900. The average Bonchev–Trinajstić information content (AvgIpc) is 2.92. The minimum absolute atomic E-state index is 0.0463. The molecular weight excluding hydrogens is 409 g/mol. The first-order valence-electron chi connectivity index (χ1n) is 7.93. The van der Waals surface area contributed by atoms with E-state index < -0.39 is 0 Å². The van der Waals surface area contributed by atoms with Crippen LogP contribution in [0.4, 0.5) is 0 Å². The number of carbonyl (C=O) groups is 1. The van der Waals surface area contributed by atoms with E-state index in [2.05, 4.69) is 48.3 Å². The third-order valence-corrected chi connectivity index (χ3v) is 4.71. The molecule has 3 rings (SSSR count). The maximum absolute atomic E-state index is 11.9. The molecule has 0 aliphatic carbocycles. The van der Waals surface area contributed by atoms with Gasteiger partial charge in [0, 0.05) is 49.0 Å². The normalized spacial score (nSPS) is 18.7. The highest BCUT2D eigenvalue weighted by Gasteiger charge is 2.17. The zero-order chi connectivity index (χ0) is 16.1. The third-order valence-electron chi connectivity index (χ3n) is 4.03. The Kier molecular flexibility index (Phi) is 6.09. The van der Waals surface area contributed by atoms with Crippen LogP contribution in [0.3, 0.4) is 0 Å². The molecule has 126 valence electrons. The largest absolute Gasteiger partial charge is 0.492 e. The van der Waals surface area contributed by atoms with E-state index in [4.69, 9.17) is 9.47 Å². The quantitative estimate of drug-likeness (QED) is 0.417. The van der Waals surface area contributed by atoms with Crippen molar-refractivity contribution in [2.75, 3.05) is 46.0 Å². The minimum atomic E-state index is 0.0463. The first kappa shape index (κ1) is 16.9. The molecule has 1 amide bonds. The average molecular weight is 431 g/mol. The second kappa shape index (κ2) is 8.27. The molecule has 1 fully saturated rings. The van der Waals surface area contributed by atoms with Gasteiger partial charge in [0.15, 0.2) is 0 Å². The Morgan fingerprint density at radius 2 is 2.04 bits per heavy atom. The molecule has 2 heterocycles. The molecule has 1 aromatic rings. The van der Waals surface area contributed by atoms with Gasteiger partial charge in [0.2, 0.25) is 5.91 Å². The number of carbonyl (C=O) groups excluding carboxylic acids is 1. The summed E-state index contributed by atoms with van der Waals surface area (Å²) in [7, 11) is 0. The third kappa shape index (κ3) is 5.03. The molecule has 0 aromatic heterocycles. The number of nitrogens with zero attached hydrogens (tertiary/aromatic N) is 2. The second-order valence-electron chi connectivity index (χ2n) is 5.80. The summed E-state index contributed by atoms with van der Waals surface area (Å²) in [6.07, 6.45) is 0. The van der Waals surface area contributed by atoms with Gasteiger partial charge in [-0.05, 0) is 23.3 Å². The number of halogens is 1. The number of rotatable bonds is 6. The van der Waals surface area contributed by atoms with Crippen molar-refractivity contribution in [1.29, 1.82) is 0 Å². The first-order valence-corrected chi connectivity index (χ1v) is 8.89. The summed E-state index contributed by atoms with van der Waals surface area (Å²) < 4.78 is 13.3. The number of nitrogens with one attached hydrogen (secondary N) is 1. The van der Waals surface area contributed by atoms with Gasteiger partial charge in [0.05, 0.1) is 26.3 Å². The van der Waals surface area contributed by atoms with E-state index in [-0.39, 0.29) is 5.91 Å². The van der Waals surface area contributed by atoms with Crippen LogP contribution in [0.1, 0.15) is 11.1 Å². The van der Waals surface area contributed by atoms with Crippen LogP contribution in [-0.4, -0.2) is 59.9 Å². The summed E-state index contributed by atoms with van der Waals surface area (Å²) >= 11 is 2.34. The van der Waals surface area contributed by atoms with Gasteiger partial charge in [-0.1, -0.05) is 6.07 Å². The van der Waals surface area contributed by atoms with Gasteiger partial charge in [-0.15, -0.1) is 0 Å². The summed E-state index contributed by atoms with van der Waals surface area (Å²) in [6.45, 7) is 6.48. The van der Waals surface area contributed by atoms with Crippen molar-refractivity contribution in [2.24, 2.45) is 0 Å². The molecule has 0 saturated carbocycles. The van der Waals surface area contributed by atoms with E-state index in [9.17, 15) is 4.79 Å². The maximum atomic E-state index is 11.9. The summed E-state index contributed by atoms with van der Waals surface area (Å²) in [5.41, 5.74) is 2.69. The van der Waals surface area contributed by atoms with Crippen LogP contribution in [0.25, 0.3) is 0 Å². The fourth-order valence-electron chi connectivity index (χ4n) is 2.80. The highest BCUT2D eigenvalue weighted by atomic mass is 127. The van der Waals surface area contributed by atoms with Gasteiger partial charge in [-0.3, -0.25) is 9.69 Å². The number of hydrogen-bond donors (Lipinski definition) is 1. The molecule has 0 radical (unpaired) electrons. The van der Waals surface area contributed by atoms with Crippen LogP contribution in [0.2, 0.25) is 0 Å². The summed E-state index contributed by atoms with van der Waals surface area (Å²) in [6, 6.07) is 6.23. The van der Waals surface area contributed by atoms with Crippen LogP contribution in [-0.2, 0) is 22.6 Å². The fourth-order valence-corrected chi connectivity index (χ4v) is 3.53. The molecule has 1 N–H and O–H groups in total. The first-order chi connectivity index (χ1) is 11.2. The molecule has 0 atom stereocenters. The molecule has 6 nitrogen and oxygen atoms in total. The van der Waals surface area contributed by atoms with E-state index in [1.165, 1.54) is 11.1 Å². The van der Waals surface area contributed by atoms with Crippen LogP contribution >= 0.6 is 22.9 Å². The zero-order valence-electron chi connectivity index (χ0n) is 13.1. The number of amides is 1. The van der Waals surface area contributed by atoms with E-state index in [1.807, 2.05) is 6.07 Å². The molecular formula is C16H22IN3O3. The summed E-state index contributed by atoms with van der Waals surface area (Å²) in [5, 5.41) is 2.90. The van der Waals surface area contributed by atoms with Crippen molar-refractivity contribution >= 4 is 28.8 Å². The smallest absolute Gasteiger partial charge is 0.234 e. The highest BCUT2D eigenvalue weighted by Crippen LogP contribution is 2.28. The molecule has 7 heteroatoms. The van der Waals surface area contributed by atoms with Gasteiger partial charge in [-0.25, -0.2) is 3.11 Å². The lowest BCUT2D eigenvalue weighted by molar-refractivity contribution is -0.123. The molecule has 23 heavy (non-hydrogen) atoms. The van der Waals surface area contributed by atoms with Gasteiger partial charge >= 0.3 is 0 Å². The lowest BCUT2D eigenvalue weighted by Crippen LogP contribution is -2.43. The lowest BCUT2D eigenvalue weighted by atomic mass is 10.1. The number of morpholine rings is 1. The topological polar surface area (TPSA) is 54.0 Å². The number of benzene rings is 1. The second-order valence-corrected chi connectivity index (χ2v) is 7.16. The zero-order valence-corrected chi connectivity index (χ0v) is 15.3. The minimum Gasteiger partial charge on any atom is -0.492 e. The SMILES string of the molecule is O=C(CN1CCOCC1)NCCOc1ccc2c(c1)CN(I)C2. The number of ether oxygens (including phenoxy) is 2. The molecule has 0 spiro atoms. The molecule has 2 aliphatic rings. The monoisotopic (exact) mass is 431 g/mol. The Bertz CT molecular complexity index is 549. The number of hydrogen-bond acceptors (Lipinski definition) is 5. The lowest BCUT2D eigenvalue weighted by Gasteiger charge is -2.25. The van der Waals surface area contributed by atoms with Gasteiger partial charge in [0.25, 0.3) is 0 Å². The molecule has 2 aliphatic heterocycles. The van der Waals surface area contributed by atoms with Gasteiger partial charge in [0.1, 0.15) is 12.4 Å². The predicted octanol–water partition coefficient (Wildman–Crippen LogP) is 1.18. The number of fused-ring (bicyclic) bond motifs is 1. The van der Waals surface area contributed by atoms with Gasteiger partial charge in [-0.2, -0.15) is 0 Å². The van der Waals surface area contributed by atoms with E-state index in [1.54, 1.807) is 0 Å². The predicted molar refractivity (Wildman–Crippen MR) is 95.5 cm³/mol. The Balaban J connectivity index is 1.35. The van der Waals surface area contributed by atoms with Crippen molar-refractivity contribution < 1.29 is 14.3 Å². The van der Waals surface area contributed by atoms with Crippen LogP contribution in [0, 0.1) is 0 Å². The summed E-state index contributed by atoms with van der Waals surface area (Å²) in [4.78, 5) is 14.0. The Labute approximate surface area is 150 Å². The van der Waals surface area contributed by atoms with Crippen molar-refractivity contribution in [1.82, 2.24) is 13.3 Å².